The fourth-order valence-electron chi connectivity index (χ4n) is 2.91. The summed E-state index contributed by atoms with van der Waals surface area (Å²) in [5.41, 5.74) is 2.28. The minimum absolute atomic E-state index is 0.109. The molecule has 1 amide bonds. The lowest BCUT2D eigenvalue weighted by Gasteiger charge is -2.29. The van der Waals surface area contributed by atoms with Gasteiger partial charge in [0.2, 0.25) is 0 Å². The van der Waals surface area contributed by atoms with Crippen molar-refractivity contribution in [3.05, 3.63) is 65.2 Å². The van der Waals surface area contributed by atoms with E-state index in [0.29, 0.717) is 11.3 Å². The van der Waals surface area contributed by atoms with E-state index in [4.69, 9.17) is 19.5 Å². The van der Waals surface area contributed by atoms with E-state index in [0.717, 1.165) is 43.6 Å². The number of nitrogens with one attached hydrogen (secondary N) is 1. The second kappa shape index (κ2) is 15.5. The summed E-state index contributed by atoms with van der Waals surface area (Å²) in [6.07, 6.45) is -2.35. The van der Waals surface area contributed by atoms with Crippen LogP contribution in [-0.2, 0) is 15.8 Å². The van der Waals surface area contributed by atoms with E-state index in [9.17, 15) is 18.0 Å². The molecule has 1 fully saturated rings. The number of rotatable bonds is 3. The van der Waals surface area contributed by atoms with Crippen molar-refractivity contribution in [3.8, 4) is 5.75 Å². The van der Waals surface area contributed by atoms with Crippen molar-refractivity contribution in [2.75, 3.05) is 20.1 Å². The number of halogens is 3. The summed E-state index contributed by atoms with van der Waals surface area (Å²) >= 11 is 0. The van der Waals surface area contributed by atoms with E-state index in [2.05, 4.69) is 4.90 Å². The molecule has 0 saturated carbocycles. The molecule has 1 aliphatic heterocycles. The summed E-state index contributed by atoms with van der Waals surface area (Å²) in [6, 6.07) is 11.9. The fourth-order valence-corrected chi connectivity index (χ4v) is 2.91. The molecular formula is C23H29F3N2O5. The number of likely N-dealkylation sites (tertiary alicyclic amines) is 1. The molecule has 10 heteroatoms. The summed E-state index contributed by atoms with van der Waals surface area (Å²) in [4.78, 5) is 29.1. The van der Waals surface area contributed by atoms with Crippen LogP contribution in [0, 0.1) is 6.92 Å². The molecule has 0 aliphatic carbocycles. The average molecular weight is 470 g/mol. The molecule has 3 rings (SSSR count). The predicted molar refractivity (Wildman–Crippen MR) is 117 cm³/mol. The molecule has 2 aromatic rings. The van der Waals surface area contributed by atoms with E-state index < -0.39 is 17.6 Å². The first kappa shape index (κ1) is 29.8. The number of benzene rings is 2. The largest absolute Gasteiger partial charge is 0.490 e. The molecule has 182 valence electrons. The molecule has 33 heavy (non-hydrogen) atoms. The highest BCUT2D eigenvalue weighted by Gasteiger charge is 2.30. The van der Waals surface area contributed by atoms with Gasteiger partial charge in [0.15, 0.2) is 0 Å². The molecule has 7 nitrogen and oxygen atoms in total. The maximum Gasteiger partial charge on any atom is 0.416 e. The number of carbonyl (C=O) groups excluding carboxylic acids is 3. The first-order valence-corrected chi connectivity index (χ1v) is 9.81. The Kier molecular flexibility index (Phi) is 14.0. The number of carbonyl (C=O) groups is 3. The van der Waals surface area contributed by atoms with E-state index in [-0.39, 0.29) is 6.10 Å². The van der Waals surface area contributed by atoms with Gasteiger partial charge in [-0.15, -0.1) is 0 Å². The van der Waals surface area contributed by atoms with Crippen LogP contribution in [0.15, 0.2) is 48.5 Å². The minimum atomic E-state index is -4.29. The number of nitrogens with zero attached hydrogens (tertiary/aromatic N) is 1. The van der Waals surface area contributed by atoms with Crippen LogP contribution in [0.4, 0.5) is 13.2 Å². The molecule has 2 aromatic carbocycles. The molecule has 0 unspecified atom stereocenters. The molecule has 1 aliphatic rings. The highest BCUT2D eigenvalue weighted by atomic mass is 19.4. The van der Waals surface area contributed by atoms with E-state index in [1.807, 2.05) is 39.7 Å². The zero-order chi connectivity index (χ0) is 25.4. The van der Waals surface area contributed by atoms with Crippen LogP contribution in [-0.4, -0.2) is 55.8 Å². The Balaban J connectivity index is 0.000000586. The number of amides is 1. The van der Waals surface area contributed by atoms with Gasteiger partial charge >= 0.3 is 6.18 Å². The van der Waals surface area contributed by atoms with Gasteiger partial charge in [0.25, 0.3) is 5.91 Å². The van der Waals surface area contributed by atoms with Crippen molar-refractivity contribution in [3.63, 3.8) is 0 Å². The third kappa shape index (κ3) is 10.8. The van der Waals surface area contributed by atoms with Crippen molar-refractivity contribution in [2.45, 2.75) is 32.0 Å². The standard InChI is InChI=1S/C13H16F3NO.C8H9NO2.2CH2O/c1-17-8-6-12(7-9-17)18-11-4-2-10(3-5-11)13(14,15)16;1-6-4-2-3-5-7(6)8(10)9-11;2*1-2/h2-5,12H,6-9H2,1H3;2-5,11H,1H3,(H,9,10);2*1H2. The number of piperidine rings is 1. The van der Waals surface area contributed by atoms with E-state index in [1.54, 1.807) is 17.6 Å². The molecule has 0 atom stereocenters. The number of hydrogen-bond donors (Lipinski definition) is 2. The quantitative estimate of drug-likeness (QED) is 0.522. The van der Waals surface area contributed by atoms with Crippen LogP contribution in [0.3, 0.4) is 0 Å². The normalized spacial score (nSPS) is 13.6. The maximum atomic E-state index is 12.4. The van der Waals surface area contributed by atoms with Crippen LogP contribution in [0.2, 0.25) is 0 Å². The fraction of sp³-hybridized carbons (Fsp3) is 0.348. The van der Waals surface area contributed by atoms with Gasteiger partial charge in [-0.2, -0.15) is 13.2 Å². The van der Waals surface area contributed by atoms with Gasteiger partial charge in [-0.3, -0.25) is 10.0 Å². The van der Waals surface area contributed by atoms with E-state index >= 15 is 0 Å². The topological polar surface area (TPSA) is 95.9 Å². The van der Waals surface area contributed by atoms with Crippen LogP contribution in [0.5, 0.6) is 5.75 Å². The van der Waals surface area contributed by atoms with Gasteiger partial charge in [-0.05, 0) is 62.7 Å². The summed E-state index contributed by atoms with van der Waals surface area (Å²) in [6.45, 7) is 7.74. The summed E-state index contributed by atoms with van der Waals surface area (Å²) in [7, 11) is 2.05. The Morgan fingerprint density at radius 1 is 1.03 bits per heavy atom. The van der Waals surface area contributed by atoms with Crippen molar-refractivity contribution in [1.82, 2.24) is 10.4 Å². The van der Waals surface area contributed by atoms with Gasteiger partial charge < -0.3 is 19.2 Å². The van der Waals surface area contributed by atoms with Crippen molar-refractivity contribution in [2.24, 2.45) is 0 Å². The zero-order valence-electron chi connectivity index (χ0n) is 18.6. The predicted octanol–water partition coefficient (Wildman–Crippen LogP) is 3.92. The number of alkyl halides is 3. The lowest BCUT2D eigenvalue weighted by Crippen LogP contribution is -2.35. The van der Waals surface area contributed by atoms with Crippen LogP contribution < -0.4 is 10.2 Å². The number of ether oxygens (including phenoxy) is 1. The monoisotopic (exact) mass is 470 g/mol. The Hall–Kier alpha value is -3.24. The Bertz CT molecular complexity index is 822. The first-order valence-electron chi connectivity index (χ1n) is 9.81. The minimum Gasteiger partial charge on any atom is -0.490 e. The molecule has 1 saturated heterocycles. The lowest BCUT2D eigenvalue weighted by molar-refractivity contribution is -0.137. The second-order valence-corrected chi connectivity index (χ2v) is 6.90. The van der Waals surface area contributed by atoms with Crippen molar-refractivity contribution in [1.29, 1.82) is 0 Å². The molecule has 2 N–H and O–H groups in total. The van der Waals surface area contributed by atoms with Crippen molar-refractivity contribution >= 4 is 19.5 Å². The Labute approximate surface area is 191 Å². The van der Waals surface area contributed by atoms with E-state index in [1.165, 1.54) is 12.1 Å². The summed E-state index contributed by atoms with van der Waals surface area (Å²) < 4.78 is 42.8. The van der Waals surface area contributed by atoms with Gasteiger partial charge in [0.05, 0.1) is 5.56 Å². The van der Waals surface area contributed by atoms with Crippen LogP contribution in [0.1, 0.15) is 34.3 Å². The molecule has 1 heterocycles. The summed E-state index contributed by atoms with van der Waals surface area (Å²) in [5.74, 6) is 0.0423. The lowest BCUT2D eigenvalue weighted by atomic mass is 10.1. The molecule has 0 spiro atoms. The third-order valence-corrected chi connectivity index (χ3v) is 4.64. The van der Waals surface area contributed by atoms with Crippen LogP contribution in [0.25, 0.3) is 0 Å². The SMILES string of the molecule is C=O.C=O.CN1CCC(Oc2ccc(C(F)(F)F)cc2)CC1.Cc1ccccc1C(=O)NO. The molecule has 0 aromatic heterocycles. The highest BCUT2D eigenvalue weighted by Crippen LogP contribution is 2.30. The zero-order valence-corrected chi connectivity index (χ0v) is 18.6. The van der Waals surface area contributed by atoms with Gasteiger partial charge in [0.1, 0.15) is 25.4 Å². The van der Waals surface area contributed by atoms with Gasteiger partial charge in [-0.1, -0.05) is 18.2 Å². The van der Waals surface area contributed by atoms with Crippen molar-refractivity contribution < 1.29 is 37.5 Å². The van der Waals surface area contributed by atoms with Gasteiger partial charge in [0, 0.05) is 18.7 Å². The highest BCUT2D eigenvalue weighted by molar-refractivity contribution is 5.94. The number of hydrogen-bond acceptors (Lipinski definition) is 6. The molecule has 0 bridgehead atoms. The maximum absolute atomic E-state index is 12.4. The molecular weight excluding hydrogens is 441 g/mol. The number of hydroxylamine groups is 1. The van der Waals surface area contributed by atoms with Crippen LogP contribution >= 0.6 is 0 Å². The summed E-state index contributed by atoms with van der Waals surface area (Å²) in [5, 5.41) is 8.31. The Morgan fingerprint density at radius 3 is 2.00 bits per heavy atom. The molecule has 0 radical (unpaired) electrons. The smallest absolute Gasteiger partial charge is 0.416 e. The Morgan fingerprint density at radius 2 is 1.55 bits per heavy atom. The average Bonchev–Trinajstić information content (AvgIpc) is 2.83. The van der Waals surface area contributed by atoms with Gasteiger partial charge in [-0.25, -0.2) is 5.48 Å². The first-order chi connectivity index (χ1) is 15.7. The number of aryl methyl sites for hydroxylation is 1. The second-order valence-electron chi connectivity index (χ2n) is 6.90. The third-order valence-electron chi connectivity index (χ3n) is 4.64.